The summed E-state index contributed by atoms with van der Waals surface area (Å²) in [5.41, 5.74) is 6.71. The Labute approximate surface area is 111 Å². The molecule has 2 rings (SSSR count). The van der Waals surface area contributed by atoms with Gasteiger partial charge < -0.3 is 5.73 Å². The standard InChI is InChI=1S/C11H8ClF2N3S/c1-5-9(15)10(17-11(12)16-5)18-6-2-3-7(13)8(14)4-6/h2-4H,15H2,1H3. The summed E-state index contributed by atoms with van der Waals surface area (Å²) in [5, 5.41) is 0.477. The van der Waals surface area contributed by atoms with E-state index in [-0.39, 0.29) is 5.28 Å². The van der Waals surface area contributed by atoms with Crippen molar-refractivity contribution in [1.29, 1.82) is 0 Å². The SMILES string of the molecule is Cc1nc(Cl)nc(Sc2ccc(F)c(F)c2)c1N. The summed E-state index contributed by atoms with van der Waals surface area (Å²) in [6.07, 6.45) is 0. The van der Waals surface area contributed by atoms with Crippen molar-refractivity contribution in [3.63, 3.8) is 0 Å². The second-order valence-corrected chi connectivity index (χ2v) is 4.88. The summed E-state index contributed by atoms with van der Waals surface area (Å²) in [5.74, 6) is -1.82. The van der Waals surface area contributed by atoms with Crippen molar-refractivity contribution in [2.75, 3.05) is 5.73 Å². The Bertz CT molecular complexity index is 607. The van der Waals surface area contributed by atoms with Gasteiger partial charge in [0.05, 0.1) is 11.4 Å². The molecule has 0 spiro atoms. The Kier molecular flexibility index (Phi) is 3.68. The smallest absolute Gasteiger partial charge is 0.223 e. The average molecular weight is 288 g/mol. The first kappa shape index (κ1) is 13.0. The molecular weight excluding hydrogens is 280 g/mol. The van der Waals surface area contributed by atoms with Gasteiger partial charge >= 0.3 is 0 Å². The fraction of sp³-hybridized carbons (Fsp3) is 0.0909. The number of benzene rings is 1. The lowest BCUT2D eigenvalue weighted by atomic mass is 10.3. The number of rotatable bonds is 2. The van der Waals surface area contributed by atoms with Crippen molar-refractivity contribution >= 4 is 29.1 Å². The second-order valence-electron chi connectivity index (χ2n) is 3.47. The predicted molar refractivity (Wildman–Crippen MR) is 66.7 cm³/mol. The number of nitrogens with two attached hydrogens (primary N) is 1. The molecule has 1 heterocycles. The maximum Gasteiger partial charge on any atom is 0.223 e. The molecule has 1 aromatic carbocycles. The van der Waals surface area contributed by atoms with Crippen LogP contribution in [0.25, 0.3) is 0 Å². The van der Waals surface area contributed by atoms with Crippen molar-refractivity contribution in [1.82, 2.24) is 9.97 Å². The molecule has 1 aromatic heterocycles. The number of nitrogens with zero attached hydrogens (tertiary/aromatic N) is 2. The van der Waals surface area contributed by atoms with Crippen molar-refractivity contribution < 1.29 is 8.78 Å². The average Bonchev–Trinajstić information content (AvgIpc) is 2.30. The zero-order valence-corrected chi connectivity index (χ0v) is 10.8. The maximum atomic E-state index is 13.1. The van der Waals surface area contributed by atoms with Gasteiger partial charge in [0.2, 0.25) is 5.28 Å². The highest BCUT2D eigenvalue weighted by Gasteiger charge is 2.11. The van der Waals surface area contributed by atoms with Crippen LogP contribution in [-0.4, -0.2) is 9.97 Å². The molecule has 0 aliphatic heterocycles. The van der Waals surface area contributed by atoms with E-state index in [0.717, 1.165) is 23.9 Å². The third-order valence-electron chi connectivity index (χ3n) is 2.18. The van der Waals surface area contributed by atoms with Gasteiger partial charge in [-0.15, -0.1) is 0 Å². The molecule has 2 aromatic rings. The van der Waals surface area contributed by atoms with Crippen LogP contribution >= 0.6 is 23.4 Å². The molecule has 0 saturated heterocycles. The molecule has 0 atom stereocenters. The summed E-state index contributed by atoms with van der Waals surface area (Å²) < 4.78 is 25.9. The minimum atomic E-state index is -0.921. The number of hydrogen-bond donors (Lipinski definition) is 1. The Morgan fingerprint density at radius 3 is 2.61 bits per heavy atom. The van der Waals surface area contributed by atoms with Crippen LogP contribution in [0.4, 0.5) is 14.5 Å². The van der Waals surface area contributed by atoms with E-state index in [4.69, 9.17) is 17.3 Å². The molecule has 0 aliphatic rings. The number of halogens is 3. The van der Waals surface area contributed by atoms with Gasteiger partial charge in [0.1, 0.15) is 5.03 Å². The molecule has 94 valence electrons. The van der Waals surface area contributed by atoms with Crippen molar-refractivity contribution in [2.24, 2.45) is 0 Å². The van der Waals surface area contributed by atoms with E-state index < -0.39 is 11.6 Å². The van der Waals surface area contributed by atoms with E-state index >= 15 is 0 Å². The first-order chi connectivity index (χ1) is 8.47. The molecule has 3 nitrogen and oxygen atoms in total. The van der Waals surface area contributed by atoms with Gasteiger partial charge in [-0.3, -0.25) is 0 Å². The minimum absolute atomic E-state index is 0.0618. The number of aryl methyl sites for hydroxylation is 1. The number of hydrogen-bond acceptors (Lipinski definition) is 4. The molecule has 0 saturated carbocycles. The van der Waals surface area contributed by atoms with E-state index in [2.05, 4.69) is 9.97 Å². The Balaban J connectivity index is 2.36. The van der Waals surface area contributed by atoms with Crippen molar-refractivity contribution in [2.45, 2.75) is 16.8 Å². The highest BCUT2D eigenvalue weighted by Crippen LogP contribution is 2.32. The van der Waals surface area contributed by atoms with Gasteiger partial charge in [0, 0.05) is 4.90 Å². The zero-order chi connectivity index (χ0) is 13.3. The van der Waals surface area contributed by atoms with Gasteiger partial charge in [0.15, 0.2) is 11.6 Å². The van der Waals surface area contributed by atoms with Crippen LogP contribution in [0.2, 0.25) is 5.28 Å². The number of aromatic nitrogens is 2. The second kappa shape index (κ2) is 5.07. The molecule has 0 fully saturated rings. The fourth-order valence-electron chi connectivity index (χ4n) is 1.25. The van der Waals surface area contributed by atoms with Gasteiger partial charge in [-0.2, -0.15) is 0 Å². The summed E-state index contributed by atoms with van der Waals surface area (Å²) >= 11 is 6.82. The fourth-order valence-corrected chi connectivity index (χ4v) is 2.43. The molecule has 0 radical (unpaired) electrons. The maximum absolute atomic E-state index is 13.1. The highest BCUT2D eigenvalue weighted by molar-refractivity contribution is 7.99. The summed E-state index contributed by atoms with van der Waals surface area (Å²) in [6, 6.07) is 3.56. The number of anilines is 1. The normalized spacial score (nSPS) is 10.7. The van der Waals surface area contributed by atoms with Crippen LogP contribution in [0.5, 0.6) is 0 Å². The molecule has 0 unspecified atom stereocenters. The highest BCUT2D eigenvalue weighted by atomic mass is 35.5. The monoisotopic (exact) mass is 287 g/mol. The zero-order valence-electron chi connectivity index (χ0n) is 9.25. The molecule has 0 bridgehead atoms. The van der Waals surface area contributed by atoms with Crippen LogP contribution in [0, 0.1) is 18.6 Å². The lowest BCUT2D eigenvalue weighted by Crippen LogP contribution is -1.99. The molecule has 7 heteroatoms. The molecule has 0 aliphatic carbocycles. The minimum Gasteiger partial charge on any atom is -0.395 e. The lowest BCUT2D eigenvalue weighted by Gasteiger charge is -2.07. The largest absolute Gasteiger partial charge is 0.395 e. The van der Waals surface area contributed by atoms with Crippen LogP contribution < -0.4 is 5.73 Å². The number of nitrogen functional groups attached to an aromatic ring is 1. The van der Waals surface area contributed by atoms with Crippen LogP contribution in [-0.2, 0) is 0 Å². The summed E-state index contributed by atoms with van der Waals surface area (Å²) in [4.78, 5) is 8.33. The van der Waals surface area contributed by atoms with E-state index in [1.54, 1.807) is 6.92 Å². The summed E-state index contributed by atoms with van der Waals surface area (Å²) in [7, 11) is 0. The molecule has 0 amide bonds. The molecular formula is C11H8ClF2N3S. The van der Waals surface area contributed by atoms with Crippen LogP contribution in [0.3, 0.4) is 0 Å². The molecule has 2 N–H and O–H groups in total. The third-order valence-corrected chi connectivity index (χ3v) is 3.34. The Hall–Kier alpha value is -1.40. The topological polar surface area (TPSA) is 51.8 Å². The van der Waals surface area contributed by atoms with Gasteiger partial charge in [-0.1, -0.05) is 11.8 Å². The third kappa shape index (κ3) is 2.70. The van der Waals surface area contributed by atoms with Crippen LogP contribution in [0.15, 0.2) is 28.1 Å². The quantitative estimate of drug-likeness (QED) is 0.679. The van der Waals surface area contributed by atoms with Gasteiger partial charge in [0.25, 0.3) is 0 Å². The first-order valence-corrected chi connectivity index (χ1v) is 6.09. The summed E-state index contributed by atoms with van der Waals surface area (Å²) in [6.45, 7) is 1.69. The first-order valence-electron chi connectivity index (χ1n) is 4.90. The lowest BCUT2D eigenvalue weighted by molar-refractivity contribution is 0.506. The Morgan fingerprint density at radius 2 is 1.94 bits per heavy atom. The van der Waals surface area contributed by atoms with E-state index in [1.807, 2.05) is 0 Å². The van der Waals surface area contributed by atoms with E-state index in [9.17, 15) is 8.78 Å². The van der Waals surface area contributed by atoms with Gasteiger partial charge in [-0.25, -0.2) is 18.7 Å². The van der Waals surface area contributed by atoms with E-state index in [0.29, 0.717) is 21.3 Å². The molecule has 18 heavy (non-hydrogen) atoms. The van der Waals surface area contributed by atoms with Crippen molar-refractivity contribution in [3.05, 3.63) is 40.8 Å². The van der Waals surface area contributed by atoms with Crippen LogP contribution in [0.1, 0.15) is 5.69 Å². The van der Waals surface area contributed by atoms with Gasteiger partial charge in [-0.05, 0) is 36.7 Å². The predicted octanol–water partition coefficient (Wildman–Crippen LogP) is 3.45. The van der Waals surface area contributed by atoms with Crippen molar-refractivity contribution in [3.8, 4) is 0 Å². The Morgan fingerprint density at radius 1 is 1.22 bits per heavy atom. The van der Waals surface area contributed by atoms with E-state index in [1.165, 1.54) is 6.07 Å².